The molecular formula is C17H15N3O2S2. The third-order valence-corrected chi connectivity index (χ3v) is 5.41. The summed E-state index contributed by atoms with van der Waals surface area (Å²) in [4.78, 5) is 27.5. The summed E-state index contributed by atoms with van der Waals surface area (Å²) in [6.45, 7) is 0. The Kier molecular flexibility index (Phi) is 5.12. The van der Waals surface area contributed by atoms with Crippen LogP contribution in [0.5, 0.6) is 0 Å². The molecular weight excluding hydrogens is 342 g/mol. The van der Waals surface area contributed by atoms with Gasteiger partial charge >= 0.3 is 0 Å². The molecule has 0 aliphatic heterocycles. The fourth-order valence-electron chi connectivity index (χ4n) is 2.13. The molecule has 3 rings (SSSR count). The molecule has 0 bridgehead atoms. The van der Waals surface area contributed by atoms with Crippen LogP contribution in [0.2, 0.25) is 0 Å². The molecule has 1 aromatic heterocycles. The average molecular weight is 357 g/mol. The molecule has 5 nitrogen and oxygen atoms in total. The van der Waals surface area contributed by atoms with E-state index in [1.54, 1.807) is 35.6 Å². The number of primary amides is 1. The first-order valence-electron chi connectivity index (χ1n) is 7.24. The Morgan fingerprint density at radius 2 is 1.88 bits per heavy atom. The third-order valence-electron chi connectivity index (χ3n) is 3.25. The van der Waals surface area contributed by atoms with Crippen LogP contribution in [0.4, 0.5) is 5.69 Å². The monoisotopic (exact) mass is 357 g/mol. The second-order valence-corrected chi connectivity index (χ2v) is 7.16. The van der Waals surface area contributed by atoms with Crippen LogP contribution in [0.25, 0.3) is 10.2 Å². The summed E-state index contributed by atoms with van der Waals surface area (Å²) in [5.41, 5.74) is 7.24. The minimum atomic E-state index is -0.487. The van der Waals surface area contributed by atoms with Crippen molar-refractivity contribution in [1.82, 2.24) is 4.98 Å². The lowest BCUT2D eigenvalue weighted by Crippen LogP contribution is -2.15. The number of carbonyl (C=O) groups is 2. The van der Waals surface area contributed by atoms with E-state index in [2.05, 4.69) is 10.3 Å². The maximum atomic E-state index is 12.0. The number of nitrogens with zero attached hydrogens (tertiary/aromatic N) is 1. The number of fused-ring (bicyclic) bond motifs is 1. The van der Waals surface area contributed by atoms with E-state index in [9.17, 15) is 9.59 Å². The van der Waals surface area contributed by atoms with Crippen LogP contribution in [0, 0.1) is 0 Å². The number of amides is 2. The van der Waals surface area contributed by atoms with Crippen molar-refractivity contribution < 1.29 is 9.59 Å². The second kappa shape index (κ2) is 7.46. The Hall–Kier alpha value is -2.38. The standard InChI is InChI=1S/C17H15N3O2S2/c18-17(22)11-5-7-12(8-6-11)19-15(21)9-23-10-16-20-13-3-1-2-4-14(13)24-16/h1-8H,9-10H2,(H2,18,22)(H,19,21). The topological polar surface area (TPSA) is 85.1 Å². The maximum absolute atomic E-state index is 12.0. The number of hydrogen-bond donors (Lipinski definition) is 2. The summed E-state index contributed by atoms with van der Waals surface area (Å²) in [6, 6.07) is 14.5. The molecule has 0 saturated heterocycles. The average Bonchev–Trinajstić information content (AvgIpc) is 2.98. The number of benzene rings is 2. The first kappa shape index (κ1) is 16.5. The molecule has 2 aromatic carbocycles. The fraction of sp³-hybridized carbons (Fsp3) is 0.118. The summed E-state index contributed by atoms with van der Waals surface area (Å²) < 4.78 is 1.16. The molecule has 0 aliphatic rings. The van der Waals surface area contributed by atoms with Gasteiger partial charge in [-0.15, -0.1) is 23.1 Å². The molecule has 0 radical (unpaired) electrons. The quantitative estimate of drug-likeness (QED) is 0.709. The third kappa shape index (κ3) is 4.12. The number of anilines is 1. The predicted octanol–water partition coefficient (Wildman–Crippen LogP) is 3.27. The first-order valence-corrected chi connectivity index (χ1v) is 9.21. The molecule has 24 heavy (non-hydrogen) atoms. The van der Waals surface area contributed by atoms with E-state index in [0.717, 1.165) is 15.2 Å². The Labute approximate surface area is 147 Å². The van der Waals surface area contributed by atoms with Crippen LogP contribution < -0.4 is 11.1 Å². The van der Waals surface area contributed by atoms with E-state index in [0.29, 0.717) is 22.8 Å². The number of thioether (sulfide) groups is 1. The Balaban J connectivity index is 1.49. The zero-order valence-electron chi connectivity index (χ0n) is 12.7. The van der Waals surface area contributed by atoms with Gasteiger partial charge in [-0.05, 0) is 36.4 Å². The number of rotatable bonds is 6. The number of nitrogens with two attached hydrogens (primary N) is 1. The zero-order chi connectivity index (χ0) is 16.9. The first-order chi connectivity index (χ1) is 11.6. The van der Waals surface area contributed by atoms with Crippen LogP contribution in [0.1, 0.15) is 15.4 Å². The highest BCUT2D eigenvalue weighted by molar-refractivity contribution is 7.99. The predicted molar refractivity (Wildman–Crippen MR) is 99.4 cm³/mol. The van der Waals surface area contributed by atoms with Crippen LogP contribution >= 0.6 is 23.1 Å². The van der Waals surface area contributed by atoms with Gasteiger partial charge in [0.2, 0.25) is 11.8 Å². The van der Waals surface area contributed by atoms with Gasteiger partial charge in [0.15, 0.2) is 0 Å². The van der Waals surface area contributed by atoms with Crippen molar-refractivity contribution in [2.45, 2.75) is 5.75 Å². The molecule has 1 heterocycles. The molecule has 0 saturated carbocycles. The minimum absolute atomic E-state index is 0.0899. The van der Waals surface area contributed by atoms with E-state index in [1.807, 2.05) is 24.3 Å². The Morgan fingerprint density at radius 3 is 2.58 bits per heavy atom. The number of aromatic nitrogens is 1. The van der Waals surface area contributed by atoms with E-state index in [4.69, 9.17) is 5.73 Å². The number of nitrogens with one attached hydrogen (secondary N) is 1. The number of carbonyl (C=O) groups excluding carboxylic acids is 2. The van der Waals surface area contributed by atoms with Crippen LogP contribution in [0.15, 0.2) is 48.5 Å². The number of para-hydroxylation sites is 1. The van der Waals surface area contributed by atoms with Crippen molar-refractivity contribution in [3.63, 3.8) is 0 Å². The zero-order valence-corrected chi connectivity index (χ0v) is 14.3. The Morgan fingerprint density at radius 1 is 1.12 bits per heavy atom. The van der Waals surface area contributed by atoms with Crippen molar-refractivity contribution in [3.05, 3.63) is 59.1 Å². The van der Waals surface area contributed by atoms with Gasteiger partial charge in [0, 0.05) is 17.0 Å². The molecule has 2 amide bonds. The molecule has 0 spiro atoms. The van der Waals surface area contributed by atoms with E-state index in [1.165, 1.54) is 11.8 Å². The van der Waals surface area contributed by atoms with Gasteiger partial charge < -0.3 is 11.1 Å². The summed E-state index contributed by atoms with van der Waals surface area (Å²) in [5.74, 6) is 0.466. The van der Waals surface area contributed by atoms with Gasteiger partial charge in [-0.25, -0.2) is 4.98 Å². The largest absolute Gasteiger partial charge is 0.366 e. The van der Waals surface area contributed by atoms with Crippen molar-refractivity contribution in [3.8, 4) is 0 Å². The summed E-state index contributed by atoms with van der Waals surface area (Å²) >= 11 is 3.17. The van der Waals surface area contributed by atoms with Crippen molar-refractivity contribution in [2.75, 3.05) is 11.1 Å². The smallest absolute Gasteiger partial charge is 0.248 e. The van der Waals surface area contributed by atoms with Gasteiger partial charge in [0.25, 0.3) is 0 Å². The van der Waals surface area contributed by atoms with E-state index < -0.39 is 5.91 Å². The van der Waals surface area contributed by atoms with Gasteiger partial charge in [-0.1, -0.05) is 12.1 Å². The summed E-state index contributed by atoms with van der Waals surface area (Å²) in [5, 5.41) is 3.81. The maximum Gasteiger partial charge on any atom is 0.248 e. The minimum Gasteiger partial charge on any atom is -0.366 e. The van der Waals surface area contributed by atoms with Crippen molar-refractivity contribution in [2.24, 2.45) is 5.73 Å². The molecule has 0 unspecified atom stereocenters. The second-order valence-electron chi connectivity index (χ2n) is 5.06. The van der Waals surface area contributed by atoms with Gasteiger partial charge in [0.05, 0.1) is 16.0 Å². The van der Waals surface area contributed by atoms with Crippen molar-refractivity contribution in [1.29, 1.82) is 0 Å². The number of hydrogen-bond acceptors (Lipinski definition) is 5. The van der Waals surface area contributed by atoms with Crippen molar-refractivity contribution >= 4 is 50.8 Å². The highest BCUT2D eigenvalue weighted by Crippen LogP contribution is 2.24. The molecule has 7 heteroatoms. The number of thiazole rings is 1. The highest BCUT2D eigenvalue weighted by Gasteiger charge is 2.07. The van der Waals surface area contributed by atoms with E-state index >= 15 is 0 Å². The van der Waals surface area contributed by atoms with Crippen LogP contribution in [-0.2, 0) is 10.5 Å². The lowest BCUT2D eigenvalue weighted by atomic mass is 10.2. The SMILES string of the molecule is NC(=O)c1ccc(NC(=O)CSCc2nc3ccccc3s2)cc1. The van der Waals surface area contributed by atoms with Gasteiger partial charge in [-0.3, -0.25) is 9.59 Å². The molecule has 0 aliphatic carbocycles. The fourth-order valence-corrected chi connectivity index (χ4v) is 3.97. The highest BCUT2D eigenvalue weighted by atomic mass is 32.2. The summed E-state index contributed by atoms with van der Waals surface area (Å²) in [6.07, 6.45) is 0. The lowest BCUT2D eigenvalue weighted by molar-refractivity contribution is -0.113. The lowest BCUT2D eigenvalue weighted by Gasteiger charge is -2.05. The van der Waals surface area contributed by atoms with Crippen LogP contribution in [-0.4, -0.2) is 22.6 Å². The van der Waals surface area contributed by atoms with Gasteiger partial charge in [0.1, 0.15) is 5.01 Å². The van der Waals surface area contributed by atoms with Gasteiger partial charge in [-0.2, -0.15) is 0 Å². The molecule has 3 aromatic rings. The normalized spacial score (nSPS) is 10.7. The molecule has 122 valence electrons. The molecule has 0 atom stereocenters. The summed E-state index contributed by atoms with van der Waals surface area (Å²) in [7, 11) is 0. The van der Waals surface area contributed by atoms with Crippen LogP contribution in [0.3, 0.4) is 0 Å². The molecule has 3 N–H and O–H groups in total. The molecule has 0 fully saturated rings. The Bertz CT molecular complexity index is 842. The van der Waals surface area contributed by atoms with E-state index in [-0.39, 0.29) is 5.91 Å².